The van der Waals surface area contributed by atoms with Crippen LogP contribution in [0.2, 0.25) is 5.02 Å². The summed E-state index contributed by atoms with van der Waals surface area (Å²) >= 11 is 6.45. The van der Waals surface area contributed by atoms with E-state index in [1.807, 2.05) is 57.4 Å². The number of fused-ring (bicyclic) bond motifs is 1. The highest BCUT2D eigenvalue weighted by Crippen LogP contribution is 2.25. The number of hydrogen-bond donors (Lipinski definition) is 2. The van der Waals surface area contributed by atoms with Gasteiger partial charge < -0.3 is 16.0 Å². The largest absolute Gasteiger partial charge is 0.382 e. The summed E-state index contributed by atoms with van der Waals surface area (Å²) in [5, 5.41) is 4.96. The molecule has 1 aromatic carbocycles. The van der Waals surface area contributed by atoms with Crippen molar-refractivity contribution in [3.05, 3.63) is 82.4 Å². The molecule has 32 heavy (non-hydrogen) atoms. The number of benzene rings is 1. The van der Waals surface area contributed by atoms with E-state index in [1.165, 1.54) is 0 Å². The van der Waals surface area contributed by atoms with Crippen LogP contribution in [-0.4, -0.2) is 33.9 Å². The first-order chi connectivity index (χ1) is 15.4. The molecule has 0 amide bonds. The molecule has 3 aromatic heterocycles. The molecule has 0 aliphatic heterocycles. The van der Waals surface area contributed by atoms with Crippen LogP contribution in [0.25, 0.3) is 10.9 Å². The Hall–Kier alpha value is -3.66. The molecular formula is C25H23ClN6. The van der Waals surface area contributed by atoms with Crippen LogP contribution in [0.4, 0.5) is 17.2 Å². The third-order valence-corrected chi connectivity index (χ3v) is 5.27. The molecule has 4 aromatic rings. The minimum absolute atomic E-state index is 0.394. The van der Waals surface area contributed by atoms with Crippen molar-refractivity contribution in [3.63, 3.8) is 0 Å². The quantitative estimate of drug-likeness (QED) is 0.443. The first kappa shape index (κ1) is 21.6. The van der Waals surface area contributed by atoms with Gasteiger partial charge >= 0.3 is 0 Å². The molecule has 0 unspecified atom stereocenters. The highest BCUT2D eigenvalue weighted by Gasteiger charge is 2.07. The summed E-state index contributed by atoms with van der Waals surface area (Å²) in [5.41, 5.74) is 11.8. The van der Waals surface area contributed by atoms with Gasteiger partial charge in [-0.1, -0.05) is 29.5 Å². The fraction of sp³-hybridized carbons (Fsp3) is 0.160. The van der Waals surface area contributed by atoms with Gasteiger partial charge in [0.25, 0.3) is 0 Å². The monoisotopic (exact) mass is 442 g/mol. The van der Waals surface area contributed by atoms with Crippen LogP contribution in [0.15, 0.2) is 55.0 Å². The lowest BCUT2D eigenvalue weighted by atomic mass is 10.1. The molecule has 0 saturated carbocycles. The lowest BCUT2D eigenvalue weighted by Crippen LogP contribution is -2.11. The van der Waals surface area contributed by atoms with Crippen molar-refractivity contribution in [2.45, 2.75) is 13.5 Å². The minimum atomic E-state index is 0.394. The van der Waals surface area contributed by atoms with Crippen LogP contribution in [-0.2, 0) is 6.54 Å². The van der Waals surface area contributed by atoms with Crippen molar-refractivity contribution >= 4 is 39.7 Å². The van der Waals surface area contributed by atoms with Gasteiger partial charge in [0, 0.05) is 40.6 Å². The summed E-state index contributed by atoms with van der Waals surface area (Å²) in [4.78, 5) is 15.1. The molecule has 0 fully saturated rings. The molecule has 7 heteroatoms. The molecule has 4 rings (SSSR count). The van der Waals surface area contributed by atoms with Crippen LogP contribution in [0.5, 0.6) is 0 Å². The topological polar surface area (TPSA) is 80.0 Å². The van der Waals surface area contributed by atoms with Crippen molar-refractivity contribution in [3.8, 4) is 11.8 Å². The number of nitrogen functional groups attached to an aromatic ring is 1. The predicted octanol–water partition coefficient (Wildman–Crippen LogP) is 4.77. The van der Waals surface area contributed by atoms with Gasteiger partial charge in [-0.2, -0.15) is 0 Å². The summed E-state index contributed by atoms with van der Waals surface area (Å²) in [7, 11) is 4.03. The van der Waals surface area contributed by atoms with Crippen molar-refractivity contribution < 1.29 is 0 Å². The maximum absolute atomic E-state index is 6.45. The number of aromatic nitrogens is 3. The van der Waals surface area contributed by atoms with E-state index in [0.717, 1.165) is 50.7 Å². The van der Waals surface area contributed by atoms with Crippen molar-refractivity contribution in [1.82, 2.24) is 19.9 Å². The van der Waals surface area contributed by atoms with E-state index in [0.29, 0.717) is 11.3 Å². The number of nitrogens with two attached hydrogens (primary N) is 1. The highest BCUT2D eigenvalue weighted by atomic mass is 35.5. The average molecular weight is 443 g/mol. The Labute approximate surface area is 192 Å². The molecule has 3 heterocycles. The maximum atomic E-state index is 6.45. The summed E-state index contributed by atoms with van der Waals surface area (Å²) < 4.78 is 0. The van der Waals surface area contributed by atoms with E-state index in [2.05, 4.69) is 37.0 Å². The molecule has 0 aliphatic rings. The van der Waals surface area contributed by atoms with Crippen LogP contribution in [0, 0.1) is 18.8 Å². The van der Waals surface area contributed by atoms with Crippen LogP contribution in [0.1, 0.15) is 22.4 Å². The zero-order chi connectivity index (χ0) is 22.7. The van der Waals surface area contributed by atoms with E-state index < -0.39 is 0 Å². The van der Waals surface area contributed by atoms with E-state index in [-0.39, 0.29) is 0 Å². The number of nitrogens with one attached hydrogen (secondary N) is 1. The lowest BCUT2D eigenvalue weighted by Gasteiger charge is -2.13. The number of anilines is 3. The van der Waals surface area contributed by atoms with E-state index >= 15 is 0 Å². The van der Waals surface area contributed by atoms with Gasteiger partial charge in [0.2, 0.25) is 0 Å². The standard InChI is InChI=1S/C25H23ClN6/c1-16-17(6-7-18-13-30-25(27)24-22(18)5-4-10-28-24)11-21(14-29-16)31-20-9-8-19(15-32(2)3)23(26)12-20/h4-5,8-14,31H,15H2,1-3H3,(H2,27,30). The molecule has 0 aliphatic carbocycles. The second-order valence-electron chi connectivity index (χ2n) is 7.73. The molecular weight excluding hydrogens is 420 g/mol. The average Bonchev–Trinajstić information content (AvgIpc) is 2.77. The Balaban J connectivity index is 1.61. The molecule has 3 N–H and O–H groups in total. The second-order valence-corrected chi connectivity index (χ2v) is 8.14. The summed E-state index contributed by atoms with van der Waals surface area (Å²) in [5.74, 6) is 6.81. The number of nitrogens with zero attached hydrogens (tertiary/aromatic N) is 4. The highest BCUT2D eigenvalue weighted by molar-refractivity contribution is 6.31. The van der Waals surface area contributed by atoms with Gasteiger partial charge in [0.05, 0.1) is 23.1 Å². The van der Waals surface area contributed by atoms with Gasteiger partial charge in [0.1, 0.15) is 11.3 Å². The van der Waals surface area contributed by atoms with Crippen LogP contribution < -0.4 is 11.1 Å². The number of halogens is 1. The SMILES string of the molecule is Cc1ncc(Nc2ccc(CN(C)C)c(Cl)c2)cc1C#Cc1cnc(N)c2ncccc12. The van der Waals surface area contributed by atoms with Gasteiger partial charge in [-0.05, 0) is 56.9 Å². The Morgan fingerprint density at radius 1 is 1.00 bits per heavy atom. The second kappa shape index (κ2) is 9.23. The first-order valence-electron chi connectivity index (χ1n) is 10.1. The number of rotatable bonds is 4. The molecule has 0 atom stereocenters. The van der Waals surface area contributed by atoms with Crippen LogP contribution in [0.3, 0.4) is 0 Å². The van der Waals surface area contributed by atoms with Gasteiger partial charge in [-0.3, -0.25) is 9.97 Å². The molecule has 0 spiro atoms. The Morgan fingerprint density at radius 3 is 2.59 bits per heavy atom. The molecule has 0 bridgehead atoms. The third kappa shape index (κ3) is 4.80. The Morgan fingerprint density at radius 2 is 1.81 bits per heavy atom. The van der Waals surface area contributed by atoms with Gasteiger partial charge in [-0.25, -0.2) is 4.98 Å². The van der Waals surface area contributed by atoms with E-state index in [4.69, 9.17) is 17.3 Å². The molecule has 6 nitrogen and oxygen atoms in total. The van der Waals surface area contributed by atoms with Crippen molar-refractivity contribution in [2.24, 2.45) is 0 Å². The predicted molar refractivity (Wildman–Crippen MR) is 131 cm³/mol. The Kier molecular flexibility index (Phi) is 6.22. The lowest BCUT2D eigenvalue weighted by molar-refractivity contribution is 0.402. The van der Waals surface area contributed by atoms with E-state index in [1.54, 1.807) is 18.6 Å². The van der Waals surface area contributed by atoms with Crippen molar-refractivity contribution in [1.29, 1.82) is 0 Å². The third-order valence-electron chi connectivity index (χ3n) is 4.92. The zero-order valence-electron chi connectivity index (χ0n) is 18.1. The van der Waals surface area contributed by atoms with Crippen molar-refractivity contribution in [2.75, 3.05) is 25.1 Å². The van der Waals surface area contributed by atoms with Gasteiger partial charge in [0.15, 0.2) is 0 Å². The number of aryl methyl sites for hydroxylation is 1. The smallest absolute Gasteiger partial charge is 0.150 e. The maximum Gasteiger partial charge on any atom is 0.150 e. The molecule has 0 saturated heterocycles. The fourth-order valence-electron chi connectivity index (χ4n) is 3.31. The number of hydrogen-bond acceptors (Lipinski definition) is 6. The summed E-state index contributed by atoms with van der Waals surface area (Å²) in [6.07, 6.45) is 5.15. The van der Waals surface area contributed by atoms with Crippen LogP contribution >= 0.6 is 11.6 Å². The number of pyridine rings is 3. The minimum Gasteiger partial charge on any atom is -0.382 e. The summed E-state index contributed by atoms with van der Waals surface area (Å²) in [6.45, 7) is 2.72. The first-order valence-corrected chi connectivity index (χ1v) is 10.5. The van der Waals surface area contributed by atoms with E-state index in [9.17, 15) is 0 Å². The van der Waals surface area contributed by atoms with Gasteiger partial charge in [-0.15, -0.1) is 0 Å². The molecule has 0 radical (unpaired) electrons. The fourth-order valence-corrected chi connectivity index (χ4v) is 3.55. The summed E-state index contributed by atoms with van der Waals surface area (Å²) in [6, 6.07) is 11.7. The Bertz CT molecular complexity index is 1350. The zero-order valence-corrected chi connectivity index (χ0v) is 18.9. The normalized spacial score (nSPS) is 10.8. The molecule has 160 valence electrons.